The Bertz CT molecular complexity index is 623. The van der Waals surface area contributed by atoms with Crippen molar-refractivity contribution in [3.8, 4) is 5.75 Å². The van der Waals surface area contributed by atoms with Crippen LogP contribution in [0.4, 0.5) is 0 Å². The number of carbonyl (C=O) groups is 1. The molecule has 1 aromatic heterocycles. The van der Waals surface area contributed by atoms with Crippen LogP contribution in [0, 0.1) is 0 Å². The molecule has 1 heterocycles. The van der Waals surface area contributed by atoms with Gasteiger partial charge in [-0.3, -0.25) is 9.36 Å². The molecule has 2 N–H and O–H groups in total. The molecule has 2 aromatic rings. The van der Waals surface area contributed by atoms with Crippen molar-refractivity contribution < 1.29 is 14.6 Å². The summed E-state index contributed by atoms with van der Waals surface area (Å²) in [6, 6.07) is 9.23. The van der Waals surface area contributed by atoms with E-state index in [4.69, 9.17) is 9.84 Å². The molecule has 106 valence electrons. The molecule has 0 fully saturated rings. The second-order valence-electron chi connectivity index (χ2n) is 3.81. The maximum Gasteiger partial charge on any atom is 0.344 e. The molecular formula is C12H13N3O4S. The Morgan fingerprint density at radius 1 is 1.40 bits per heavy atom. The lowest BCUT2D eigenvalue weighted by Gasteiger charge is -2.07. The first-order chi connectivity index (χ1) is 9.66. The molecule has 0 bridgehead atoms. The molecule has 0 saturated carbocycles. The molecule has 7 nitrogen and oxygen atoms in total. The Kier molecular flexibility index (Phi) is 4.83. The summed E-state index contributed by atoms with van der Waals surface area (Å²) >= 11 is 0.988. The van der Waals surface area contributed by atoms with Crippen LogP contribution in [0.15, 0.2) is 40.3 Å². The first-order valence-corrected chi connectivity index (χ1v) is 6.83. The number of aromatic nitrogens is 3. The minimum absolute atomic E-state index is 0.149. The van der Waals surface area contributed by atoms with Crippen LogP contribution in [0.1, 0.15) is 0 Å². The Morgan fingerprint density at radius 2 is 2.15 bits per heavy atom. The molecule has 0 aliphatic carbocycles. The van der Waals surface area contributed by atoms with Gasteiger partial charge >= 0.3 is 11.7 Å². The Hall–Kier alpha value is -2.22. The van der Waals surface area contributed by atoms with E-state index in [1.165, 1.54) is 4.57 Å². The van der Waals surface area contributed by atoms with E-state index in [1.807, 2.05) is 30.3 Å². The lowest BCUT2D eigenvalue weighted by Crippen LogP contribution is -2.21. The van der Waals surface area contributed by atoms with Crippen LogP contribution in [0.2, 0.25) is 0 Å². The number of nitrogens with zero attached hydrogens (tertiary/aromatic N) is 2. The van der Waals surface area contributed by atoms with Crippen LogP contribution in [0.3, 0.4) is 0 Å². The number of para-hydroxylation sites is 1. The lowest BCUT2D eigenvalue weighted by atomic mass is 10.3. The van der Waals surface area contributed by atoms with Gasteiger partial charge in [0.05, 0.1) is 12.3 Å². The topological polar surface area (TPSA) is 97.2 Å². The van der Waals surface area contributed by atoms with Crippen molar-refractivity contribution in [2.24, 2.45) is 0 Å². The molecule has 0 aliphatic heterocycles. The summed E-state index contributed by atoms with van der Waals surface area (Å²) in [5.41, 5.74) is -0.380. The maximum atomic E-state index is 11.6. The number of aliphatic carboxylic acids is 1. The molecule has 0 amide bonds. The van der Waals surface area contributed by atoms with Crippen molar-refractivity contribution in [2.75, 3.05) is 12.4 Å². The molecule has 0 aliphatic rings. The first kappa shape index (κ1) is 14.2. The number of nitrogens with one attached hydrogen (secondary N) is 1. The number of benzene rings is 1. The second-order valence-corrected chi connectivity index (χ2v) is 4.75. The van der Waals surface area contributed by atoms with E-state index in [0.29, 0.717) is 24.1 Å². The predicted molar refractivity (Wildman–Crippen MR) is 73.1 cm³/mol. The molecule has 0 saturated heterocycles. The van der Waals surface area contributed by atoms with Crippen molar-refractivity contribution in [1.82, 2.24) is 14.8 Å². The quantitative estimate of drug-likeness (QED) is 0.734. The minimum Gasteiger partial charge on any atom is -0.492 e. The summed E-state index contributed by atoms with van der Waals surface area (Å²) in [7, 11) is 0. The number of H-pyrrole nitrogens is 1. The van der Waals surface area contributed by atoms with E-state index in [-0.39, 0.29) is 11.4 Å². The SMILES string of the molecule is O=C(O)CSc1n[nH]c(=O)n1CCOc1ccccc1. The van der Waals surface area contributed by atoms with Gasteiger partial charge in [-0.2, -0.15) is 0 Å². The van der Waals surface area contributed by atoms with E-state index >= 15 is 0 Å². The Morgan fingerprint density at radius 3 is 2.85 bits per heavy atom. The van der Waals surface area contributed by atoms with Crippen molar-refractivity contribution >= 4 is 17.7 Å². The summed E-state index contributed by atoms with van der Waals surface area (Å²) in [4.78, 5) is 22.1. The zero-order valence-electron chi connectivity index (χ0n) is 10.5. The van der Waals surface area contributed by atoms with Crippen LogP contribution in [-0.2, 0) is 11.3 Å². The summed E-state index contributed by atoms with van der Waals surface area (Å²) < 4.78 is 6.85. The smallest absolute Gasteiger partial charge is 0.344 e. The standard InChI is InChI=1S/C12H13N3O4S/c16-10(17)8-20-12-14-13-11(18)15(12)6-7-19-9-4-2-1-3-5-9/h1-5H,6-8H2,(H,13,18)(H,16,17). The molecule has 0 unspecified atom stereocenters. The molecule has 20 heavy (non-hydrogen) atoms. The van der Waals surface area contributed by atoms with E-state index in [9.17, 15) is 9.59 Å². The van der Waals surface area contributed by atoms with Crippen molar-refractivity contribution in [3.05, 3.63) is 40.8 Å². The number of rotatable bonds is 7. The van der Waals surface area contributed by atoms with Crippen molar-refractivity contribution in [2.45, 2.75) is 11.7 Å². The minimum atomic E-state index is -0.961. The van der Waals surface area contributed by atoms with E-state index in [1.54, 1.807) is 0 Å². The lowest BCUT2D eigenvalue weighted by molar-refractivity contribution is -0.133. The highest BCUT2D eigenvalue weighted by atomic mass is 32.2. The van der Waals surface area contributed by atoms with Gasteiger partial charge < -0.3 is 9.84 Å². The van der Waals surface area contributed by atoms with Crippen molar-refractivity contribution in [1.29, 1.82) is 0 Å². The van der Waals surface area contributed by atoms with Crippen LogP contribution >= 0.6 is 11.8 Å². The molecule has 0 spiro atoms. The number of ether oxygens (including phenoxy) is 1. The van der Waals surface area contributed by atoms with Crippen LogP contribution < -0.4 is 10.4 Å². The van der Waals surface area contributed by atoms with Gasteiger partial charge in [0.15, 0.2) is 5.16 Å². The molecule has 0 atom stereocenters. The molecule has 0 radical (unpaired) electrons. The van der Waals surface area contributed by atoms with Gasteiger partial charge in [-0.05, 0) is 12.1 Å². The fourth-order valence-electron chi connectivity index (χ4n) is 1.51. The average molecular weight is 295 g/mol. The van der Waals surface area contributed by atoms with Crippen LogP contribution in [0.5, 0.6) is 5.75 Å². The number of hydrogen-bond acceptors (Lipinski definition) is 5. The highest BCUT2D eigenvalue weighted by molar-refractivity contribution is 7.99. The van der Waals surface area contributed by atoms with Crippen molar-refractivity contribution in [3.63, 3.8) is 0 Å². The highest BCUT2D eigenvalue weighted by Gasteiger charge is 2.10. The third-order valence-electron chi connectivity index (χ3n) is 2.37. The third kappa shape index (κ3) is 3.89. The molecule has 8 heteroatoms. The van der Waals surface area contributed by atoms with Gasteiger partial charge in [0, 0.05) is 0 Å². The summed E-state index contributed by atoms with van der Waals surface area (Å²) in [6.07, 6.45) is 0. The highest BCUT2D eigenvalue weighted by Crippen LogP contribution is 2.13. The van der Waals surface area contributed by atoms with Gasteiger partial charge in [-0.1, -0.05) is 30.0 Å². The molecular weight excluding hydrogens is 282 g/mol. The zero-order chi connectivity index (χ0) is 14.4. The molecule has 1 aromatic carbocycles. The number of thioether (sulfide) groups is 1. The number of carboxylic acids is 1. The zero-order valence-corrected chi connectivity index (χ0v) is 11.3. The number of hydrogen-bond donors (Lipinski definition) is 2. The average Bonchev–Trinajstić information content (AvgIpc) is 2.79. The van der Waals surface area contributed by atoms with Gasteiger partial charge in [0.1, 0.15) is 12.4 Å². The largest absolute Gasteiger partial charge is 0.492 e. The van der Waals surface area contributed by atoms with E-state index in [2.05, 4.69) is 10.2 Å². The third-order valence-corrected chi connectivity index (χ3v) is 3.34. The predicted octanol–water partition coefficient (Wildman–Crippen LogP) is 0.827. The Balaban J connectivity index is 1.93. The van der Waals surface area contributed by atoms with Gasteiger partial charge in [-0.15, -0.1) is 5.10 Å². The number of carboxylic acid groups (broad SMARTS) is 1. The summed E-state index contributed by atoms with van der Waals surface area (Å²) in [5.74, 6) is -0.398. The fraction of sp³-hybridized carbons (Fsp3) is 0.250. The normalized spacial score (nSPS) is 10.4. The van der Waals surface area contributed by atoms with E-state index in [0.717, 1.165) is 11.8 Å². The van der Waals surface area contributed by atoms with Crippen LogP contribution in [-0.4, -0.2) is 38.2 Å². The monoisotopic (exact) mass is 295 g/mol. The number of aromatic amines is 1. The summed E-state index contributed by atoms with van der Waals surface area (Å²) in [5, 5.41) is 15.0. The first-order valence-electron chi connectivity index (χ1n) is 5.84. The van der Waals surface area contributed by atoms with Gasteiger partial charge in [0.25, 0.3) is 0 Å². The molecule has 2 rings (SSSR count). The Labute approximate surface area is 118 Å². The summed E-state index contributed by atoms with van der Waals surface area (Å²) in [6.45, 7) is 0.594. The second kappa shape index (κ2) is 6.80. The van der Waals surface area contributed by atoms with E-state index < -0.39 is 5.97 Å². The fourth-order valence-corrected chi connectivity index (χ4v) is 2.20. The van der Waals surface area contributed by atoms with Gasteiger partial charge in [-0.25, -0.2) is 9.89 Å². The van der Waals surface area contributed by atoms with Gasteiger partial charge in [0.2, 0.25) is 0 Å². The maximum absolute atomic E-state index is 11.6. The van der Waals surface area contributed by atoms with Crippen LogP contribution in [0.25, 0.3) is 0 Å².